The fraction of sp³-hybridized carbons (Fsp3) is 0.300. The summed E-state index contributed by atoms with van der Waals surface area (Å²) < 4.78 is 46.4. The van der Waals surface area contributed by atoms with E-state index in [1.54, 1.807) is 13.0 Å². The van der Waals surface area contributed by atoms with E-state index < -0.39 is 27.8 Å². The summed E-state index contributed by atoms with van der Waals surface area (Å²) in [6, 6.07) is 10.6. The lowest BCUT2D eigenvalue weighted by molar-refractivity contribution is 0.0730. The van der Waals surface area contributed by atoms with Crippen molar-refractivity contribution in [1.82, 2.24) is 9.62 Å². The summed E-state index contributed by atoms with van der Waals surface area (Å²) in [4.78, 5) is 12.7. The van der Waals surface area contributed by atoms with Crippen LogP contribution in [0.3, 0.4) is 0 Å². The minimum atomic E-state index is -3.79. The standard InChI is InChI=1S/C20H20FN3O4S/c1-14-6-7-15(12-19(14)29(26,27)24-8-10-28-11-9-24)20(25)23-18(13-22)16-4-2-3-5-17(16)21/h2-7,12,18H,8-11H2,1H3,(H,23,25). The molecule has 1 aliphatic rings. The smallest absolute Gasteiger partial charge is 0.252 e. The average molecular weight is 417 g/mol. The fourth-order valence-electron chi connectivity index (χ4n) is 3.05. The van der Waals surface area contributed by atoms with E-state index in [0.29, 0.717) is 18.8 Å². The molecule has 2 aromatic carbocycles. The summed E-state index contributed by atoms with van der Waals surface area (Å²) in [5.41, 5.74) is 0.606. The highest BCUT2D eigenvalue weighted by atomic mass is 32.2. The predicted molar refractivity (Wildman–Crippen MR) is 103 cm³/mol. The zero-order valence-corrected chi connectivity index (χ0v) is 16.6. The largest absolute Gasteiger partial charge is 0.379 e. The lowest BCUT2D eigenvalue weighted by Gasteiger charge is -2.26. The van der Waals surface area contributed by atoms with E-state index in [2.05, 4.69) is 5.32 Å². The average Bonchev–Trinajstić information content (AvgIpc) is 2.73. The third-order valence-corrected chi connectivity index (χ3v) is 6.70. The number of rotatable bonds is 5. The van der Waals surface area contributed by atoms with Gasteiger partial charge in [0.2, 0.25) is 10.0 Å². The van der Waals surface area contributed by atoms with Crippen LogP contribution in [-0.2, 0) is 14.8 Å². The number of hydrogen-bond acceptors (Lipinski definition) is 5. The number of morpholine rings is 1. The van der Waals surface area contributed by atoms with Gasteiger partial charge in [-0.15, -0.1) is 0 Å². The molecule has 1 aliphatic heterocycles. The molecule has 1 saturated heterocycles. The van der Waals surface area contributed by atoms with Crippen molar-refractivity contribution in [2.45, 2.75) is 17.9 Å². The van der Waals surface area contributed by atoms with Gasteiger partial charge in [0.1, 0.15) is 11.9 Å². The lowest BCUT2D eigenvalue weighted by Crippen LogP contribution is -2.41. The van der Waals surface area contributed by atoms with E-state index in [1.807, 2.05) is 6.07 Å². The highest BCUT2D eigenvalue weighted by molar-refractivity contribution is 7.89. The Morgan fingerprint density at radius 2 is 1.93 bits per heavy atom. The number of benzene rings is 2. The molecule has 1 heterocycles. The Balaban J connectivity index is 1.88. The molecule has 0 aliphatic carbocycles. The minimum Gasteiger partial charge on any atom is -0.379 e. The molecule has 7 nitrogen and oxygen atoms in total. The van der Waals surface area contributed by atoms with Gasteiger partial charge >= 0.3 is 0 Å². The first-order chi connectivity index (χ1) is 13.8. The quantitative estimate of drug-likeness (QED) is 0.804. The Bertz CT molecular complexity index is 1060. The molecular formula is C20H20FN3O4S. The van der Waals surface area contributed by atoms with Gasteiger partial charge in [0, 0.05) is 24.2 Å². The van der Waals surface area contributed by atoms with Crippen molar-refractivity contribution in [3.8, 4) is 6.07 Å². The van der Waals surface area contributed by atoms with Gasteiger partial charge in [0.15, 0.2) is 0 Å². The molecule has 0 radical (unpaired) electrons. The van der Waals surface area contributed by atoms with Crippen molar-refractivity contribution >= 4 is 15.9 Å². The summed E-state index contributed by atoms with van der Waals surface area (Å²) in [5, 5.41) is 11.8. The van der Waals surface area contributed by atoms with Gasteiger partial charge in [0.05, 0.1) is 24.2 Å². The Kier molecular flexibility index (Phi) is 6.27. The van der Waals surface area contributed by atoms with Crippen LogP contribution in [0.1, 0.15) is 27.5 Å². The van der Waals surface area contributed by atoms with Crippen LogP contribution >= 0.6 is 0 Å². The molecule has 9 heteroatoms. The third kappa shape index (κ3) is 4.45. The minimum absolute atomic E-state index is 0.0199. The second-order valence-corrected chi connectivity index (χ2v) is 8.46. The molecule has 0 saturated carbocycles. The Morgan fingerprint density at radius 3 is 2.59 bits per heavy atom. The number of aryl methyl sites for hydroxylation is 1. The van der Waals surface area contributed by atoms with Crippen LogP contribution in [0.15, 0.2) is 47.4 Å². The lowest BCUT2D eigenvalue weighted by atomic mass is 10.1. The number of carbonyl (C=O) groups excluding carboxylic acids is 1. The van der Waals surface area contributed by atoms with Gasteiger partial charge in [-0.05, 0) is 30.7 Å². The van der Waals surface area contributed by atoms with Crippen LogP contribution in [0.5, 0.6) is 0 Å². The van der Waals surface area contributed by atoms with Crippen LogP contribution in [0.2, 0.25) is 0 Å². The molecule has 1 atom stereocenters. The normalized spacial score (nSPS) is 16.0. The van der Waals surface area contributed by atoms with E-state index in [0.717, 1.165) is 0 Å². The van der Waals surface area contributed by atoms with Gasteiger partial charge in [-0.1, -0.05) is 24.3 Å². The van der Waals surface area contributed by atoms with E-state index in [4.69, 9.17) is 4.74 Å². The van der Waals surface area contributed by atoms with Crippen LogP contribution < -0.4 is 5.32 Å². The van der Waals surface area contributed by atoms with Crippen molar-refractivity contribution in [2.24, 2.45) is 0 Å². The summed E-state index contributed by atoms with van der Waals surface area (Å²) in [6.45, 7) is 2.74. The molecule has 1 amide bonds. The van der Waals surface area contributed by atoms with Gasteiger partial charge < -0.3 is 10.1 Å². The Labute approximate surface area is 168 Å². The maximum absolute atomic E-state index is 14.0. The molecule has 0 aromatic heterocycles. The molecule has 0 spiro atoms. The monoisotopic (exact) mass is 417 g/mol. The molecule has 3 rings (SSSR count). The van der Waals surface area contributed by atoms with Crippen molar-refractivity contribution in [3.63, 3.8) is 0 Å². The number of halogens is 1. The summed E-state index contributed by atoms with van der Waals surface area (Å²) >= 11 is 0. The van der Waals surface area contributed by atoms with Crippen LogP contribution in [0.25, 0.3) is 0 Å². The van der Waals surface area contributed by atoms with E-state index in [1.165, 1.54) is 40.7 Å². The zero-order chi connectivity index (χ0) is 21.0. The van der Waals surface area contributed by atoms with Crippen LogP contribution in [-0.4, -0.2) is 44.9 Å². The first-order valence-electron chi connectivity index (χ1n) is 8.98. The van der Waals surface area contributed by atoms with E-state index >= 15 is 0 Å². The van der Waals surface area contributed by atoms with Gasteiger partial charge in [-0.25, -0.2) is 12.8 Å². The van der Waals surface area contributed by atoms with Crippen molar-refractivity contribution in [2.75, 3.05) is 26.3 Å². The number of nitriles is 1. The van der Waals surface area contributed by atoms with E-state index in [-0.39, 0.29) is 29.1 Å². The molecule has 1 N–H and O–H groups in total. The first-order valence-corrected chi connectivity index (χ1v) is 10.4. The number of sulfonamides is 1. The van der Waals surface area contributed by atoms with Crippen LogP contribution in [0.4, 0.5) is 4.39 Å². The predicted octanol–water partition coefficient (Wildman–Crippen LogP) is 2.15. The number of carbonyl (C=O) groups is 1. The summed E-state index contributed by atoms with van der Waals surface area (Å²) in [6.07, 6.45) is 0. The second-order valence-electron chi connectivity index (χ2n) is 6.55. The summed E-state index contributed by atoms with van der Waals surface area (Å²) in [5.74, 6) is -1.28. The van der Waals surface area contributed by atoms with Crippen molar-refractivity contribution < 1.29 is 22.3 Å². The van der Waals surface area contributed by atoms with E-state index in [9.17, 15) is 22.9 Å². The second kappa shape index (κ2) is 8.69. The summed E-state index contributed by atoms with van der Waals surface area (Å²) in [7, 11) is -3.79. The number of hydrogen-bond donors (Lipinski definition) is 1. The molecule has 152 valence electrons. The number of nitrogens with zero attached hydrogens (tertiary/aromatic N) is 2. The van der Waals surface area contributed by atoms with Gasteiger partial charge in [-0.2, -0.15) is 9.57 Å². The van der Waals surface area contributed by atoms with Crippen molar-refractivity contribution in [3.05, 3.63) is 65.0 Å². The van der Waals surface area contributed by atoms with Gasteiger partial charge in [-0.3, -0.25) is 4.79 Å². The molecule has 1 unspecified atom stereocenters. The molecule has 0 bridgehead atoms. The zero-order valence-electron chi connectivity index (χ0n) is 15.8. The Hall–Kier alpha value is -2.80. The highest BCUT2D eigenvalue weighted by Gasteiger charge is 2.29. The SMILES string of the molecule is Cc1ccc(C(=O)NC(C#N)c2ccccc2F)cc1S(=O)(=O)N1CCOCC1. The molecule has 29 heavy (non-hydrogen) atoms. The highest BCUT2D eigenvalue weighted by Crippen LogP contribution is 2.23. The maximum Gasteiger partial charge on any atom is 0.252 e. The number of nitrogens with one attached hydrogen (secondary N) is 1. The van der Waals surface area contributed by atoms with Gasteiger partial charge in [0.25, 0.3) is 5.91 Å². The maximum atomic E-state index is 14.0. The van der Waals surface area contributed by atoms with Crippen LogP contribution in [0, 0.1) is 24.1 Å². The third-order valence-electron chi connectivity index (χ3n) is 4.66. The van der Waals surface area contributed by atoms with Crippen molar-refractivity contribution in [1.29, 1.82) is 5.26 Å². The number of ether oxygens (including phenoxy) is 1. The fourth-order valence-corrected chi connectivity index (χ4v) is 4.71. The topological polar surface area (TPSA) is 99.5 Å². The molecular weight excluding hydrogens is 397 g/mol. The Morgan fingerprint density at radius 1 is 1.24 bits per heavy atom. The molecule has 1 fully saturated rings. The first kappa shape index (κ1) is 20.9. The number of amides is 1. The molecule has 2 aromatic rings.